The summed E-state index contributed by atoms with van der Waals surface area (Å²) in [7, 11) is 5.70. The third kappa shape index (κ3) is 16.6. The van der Waals surface area contributed by atoms with Crippen LogP contribution in [0, 0.1) is 73.1 Å². The number of carbonyl (C=O) groups is 4. The Kier molecular flexibility index (Phi) is 26.8. The monoisotopic (exact) mass is 1920 g/mol. The van der Waals surface area contributed by atoms with Gasteiger partial charge in [-0.05, 0) is 194 Å². The molecule has 3 fully saturated rings. The first-order valence-corrected chi connectivity index (χ1v) is 46.3. The van der Waals surface area contributed by atoms with Crippen LogP contribution in [0.4, 0.5) is 90.7 Å². The third-order valence-corrected chi connectivity index (χ3v) is 27.4. The third-order valence-electron chi connectivity index (χ3n) is 27.4. The molecule has 0 radical (unpaired) electrons. The minimum Gasteiger partial charge on any atom is -0.398 e. The molecule has 6 aromatic heterocycles. The van der Waals surface area contributed by atoms with E-state index >= 15 is 44.3 Å². The van der Waals surface area contributed by atoms with E-state index in [-0.39, 0.29) is 145 Å². The van der Waals surface area contributed by atoms with E-state index in [0.717, 1.165) is 47.5 Å². The number of halogens is 9. The van der Waals surface area contributed by atoms with Gasteiger partial charge in [-0.2, -0.15) is 0 Å². The number of aryl methyl sites for hydroxylation is 3. The average molecular weight is 1920 g/mol. The van der Waals surface area contributed by atoms with Gasteiger partial charge in [0.25, 0.3) is 16.7 Å². The number of carbonyl (C=O) groups excluding carboxylic acids is 4. The van der Waals surface area contributed by atoms with Gasteiger partial charge >= 0.3 is 0 Å². The average Bonchev–Trinajstić information content (AvgIpc) is 0.676. The van der Waals surface area contributed by atoms with Crippen molar-refractivity contribution in [3.8, 4) is 50.4 Å². The van der Waals surface area contributed by atoms with Crippen LogP contribution in [0.15, 0.2) is 162 Å². The lowest BCUT2D eigenvalue weighted by Crippen LogP contribution is -2.64. The maximum Gasteiger partial charge on any atom is 0.281 e. The Hall–Kier alpha value is -14.8. The van der Waals surface area contributed by atoms with Gasteiger partial charge in [-0.15, -0.1) is 0 Å². The summed E-state index contributed by atoms with van der Waals surface area (Å²) in [5.74, 6) is -11.2. The van der Waals surface area contributed by atoms with Gasteiger partial charge in [-0.25, -0.2) is 39.5 Å². The minimum absolute atomic E-state index is 0.0306. The molecule has 730 valence electrons. The predicted octanol–water partition coefficient (Wildman–Crippen LogP) is 16.4. The van der Waals surface area contributed by atoms with Crippen molar-refractivity contribution < 1.29 is 58.7 Å². The highest BCUT2D eigenvalue weighted by molar-refractivity contribution is 6.13. The van der Waals surface area contributed by atoms with E-state index in [1.165, 1.54) is 68.7 Å². The van der Waals surface area contributed by atoms with E-state index in [0.29, 0.717) is 114 Å². The number of fused-ring (bicyclic) bond motifs is 15. The fourth-order valence-electron chi connectivity index (χ4n) is 21.0. The van der Waals surface area contributed by atoms with Crippen molar-refractivity contribution in [1.29, 1.82) is 0 Å². The number of hydrogen-bond acceptors (Lipinski definition) is 19. The summed E-state index contributed by atoms with van der Waals surface area (Å²) in [5.41, 5.74) is 17.7. The number of nitrogen functional groups attached to an aromatic ring is 3. The minimum atomic E-state index is -1.21. The van der Waals surface area contributed by atoms with Crippen molar-refractivity contribution in [3.05, 3.63) is 265 Å². The largest absolute Gasteiger partial charge is 0.398 e. The van der Waals surface area contributed by atoms with E-state index in [2.05, 4.69) is 44.9 Å². The van der Waals surface area contributed by atoms with E-state index in [1.807, 2.05) is 91.1 Å². The number of nitrogens with one attached hydrogen (secondary N) is 1. The zero-order valence-electron chi connectivity index (χ0n) is 80.4. The van der Waals surface area contributed by atoms with Crippen LogP contribution in [0.2, 0.25) is 0 Å². The summed E-state index contributed by atoms with van der Waals surface area (Å²) in [4.78, 5) is 126. The van der Waals surface area contributed by atoms with E-state index in [1.54, 1.807) is 84.2 Å². The first-order chi connectivity index (χ1) is 66.5. The van der Waals surface area contributed by atoms with Crippen LogP contribution in [0.25, 0.3) is 83.2 Å². The van der Waals surface area contributed by atoms with Crippen molar-refractivity contribution in [2.75, 3.05) is 134 Å². The van der Waals surface area contributed by atoms with Crippen LogP contribution in [-0.2, 0) is 19.2 Å². The summed E-state index contributed by atoms with van der Waals surface area (Å²) in [5, 5.41) is 2.94. The maximum absolute atomic E-state index is 17.5. The molecule has 6 unspecified atom stereocenters. The van der Waals surface area contributed by atoms with Gasteiger partial charge in [-0.3, -0.25) is 62.2 Å². The molecule has 0 spiro atoms. The normalized spacial score (nSPS) is 17.7. The second kappa shape index (κ2) is 38.2. The van der Waals surface area contributed by atoms with Crippen molar-refractivity contribution in [1.82, 2.24) is 48.3 Å². The molecule has 26 nitrogen and oxygen atoms in total. The van der Waals surface area contributed by atoms with Crippen molar-refractivity contribution in [3.63, 3.8) is 0 Å². The molecule has 6 aliphatic rings. The first-order valence-electron chi connectivity index (χ1n) is 46.3. The fraction of sp³-hybridized carbons (Fsp3) is 0.333. The van der Waals surface area contributed by atoms with Crippen LogP contribution in [0.5, 0.6) is 0 Å². The Labute approximate surface area is 802 Å². The number of nitrogens with two attached hydrogens (primary N) is 3. The van der Waals surface area contributed by atoms with Crippen LogP contribution in [0.1, 0.15) is 120 Å². The molecule has 12 aromatic rings. The highest BCUT2D eigenvalue weighted by Crippen LogP contribution is 2.51. The molecule has 35 heteroatoms. The van der Waals surface area contributed by atoms with Crippen LogP contribution < -0.4 is 63.7 Å². The molecular weight excluding hydrogens is 1810 g/mol. The first kappa shape index (κ1) is 98.3. The molecule has 0 aliphatic carbocycles. The summed E-state index contributed by atoms with van der Waals surface area (Å²) in [6.07, 6.45) is 9.25. The molecule has 12 heterocycles. The smallest absolute Gasteiger partial charge is 0.281 e. The number of benzene rings is 6. The summed E-state index contributed by atoms with van der Waals surface area (Å²) in [6, 6.07) is 17.3. The molecule has 140 heavy (non-hydrogen) atoms. The Balaban J connectivity index is 0.000000152. The van der Waals surface area contributed by atoms with E-state index in [9.17, 15) is 28.8 Å². The van der Waals surface area contributed by atoms with Gasteiger partial charge in [-0.1, -0.05) is 79.5 Å². The van der Waals surface area contributed by atoms with Gasteiger partial charge in [0.2, 0.25) is 23.6 Å². The molecule has 6 aromatic carbocycles. The lowest BCUT2D eigenvalue weighted by molar-refractivity contribution is -0.131. The number of aromatic nitrogens is 6. The number of hydrogen-bond donors (Lipinski definition) is 4. The molecule has 7 N–H and O–H groups in total. The number of amides is 4. The number of likely N-dealkylation sites (N-methyl/N-ethyl adjacent to an activating group) is 1. The molecule has 4 amide bonds. The van der Waals surface area contributed by atoms with Gasteiger partial charge in [0.05, 0.1) is 103 Å². The van der Waals surface area contributed by atoms with Gasteiger partial charge in [0, 0.05) is 146 Å². The van der Waals surface area contributed by atoms with Gasteiger partial charge in [0.1, 0.15) is 58.0 Å². The van der Waals surface area contributed by atoms with E-state index < -0.39 is 120 Å². The quantitative estimate of drug-likeness (QED) is 0.0397. The van der Waals surface area contributed by atoms with Crippen LogP contribution >= 0.6 is 0 Å². The lowest BCUT2D eigenvalue weighted by Gasteiger charge is -2.52. The zero-order valence-corrected chi connectivity index (χ0v) is 80.4. The molecule has 3 saturated heterocycles. The van der Waals surface area contributed by atoms with Crippen molar-refractivity contribution in [2.45, 2.75) is 144 Å². The topological polar surface area (TPSA) is 292 Å². The molecular formula is C105H110F9N19O7. The highest BCUT2D eigenvalue weighted by atomic mass is 19.2. The number of nitrogens with zero attached hydrogens (tertiary/aromatic N) is 15. The predicted molar refractivity (Wildman–Crippen MR) is 532 cm³/mol. The molecule has 18 rings (SSSR count). The summed E-state index contributed by atoms with van der Waals surface area (Å²) < 4.78 is 150. The van der Waals surface area contributed by atoms with E-state index in [4.69, 9.17) is 17.2 Å². The Bertz CT molecular complexity index is 7320. The molecule has 0 saturated carbocycles. The Morgan fingerprint density at radius 3 is 1.14 bits per heavy atom. The van der Waals surface area contributed by atoms with Gasteiger partial charge < -0.3 is 66.6 Å². The van der Waals surface area contributed by atoms with Gasteiger partial charge in [0.15, 0.2) is 17.5 Å². The van der Waals surface area contributed by atoms with Crippen LogP contribution in [-0.4, -0.2) is 195 Å². The number of pyridine rings is 6. The molecule has 6 atom stereocenters. The molecule has 6 aliphatic heterocycles. The summed E-state index contributed by atoms with van der Waals surface area (Å²) in [6.45, 7) is 36.5. The standard InChI is InChI=1S/C38H44F3N7O2.C34H35F3N6O2.C33H31F3N6O3/c1-8-29(49)46-20-24-19-45(16-10-15-44(6)7)37-36(47(24)18-23(46)5)25-17-27(40)31(30-26(39)11-9-12-28(30)42)32(41)35(25)48(38(37)50)34-22(4)13-14-43-33(34)21(2)3;1-7-25(44)41-16-20-15-40(6)33-32(42(20)14-19(41)5)21-13-23(36)27(26-22(35)9-8-10-24(26)38)28(37)31(21)43(34(33)45)30-18(4)11-12-39-29(30)17(2)3;1-6-23(43)40-14-22-32(44)39-28-31(41(22)13-17(40)5)18-12-20(35)25(24-19(34)8-7-9-21(24)37)26(36)30(18)42(33(28)45)29-16(4)10-11-38-27(29)15(2)3/h8-9,11-14,17,21,23-24H,1,10,15-16,18-20,42H2,2-7H3;7-13,17,19-20H,1,14-16,38H2,2-6H3;6-12,15,17,22H,1,13-14,37H2,2-5H3,(H,39,44). The maximum atomic E-state index is 17.5. The molecule has 0 bridgehead atoms. The Morgan fingerprint density at radius 2 is 0.779 bits per heavy atom. The fourth-order valence-corrected chi connectivity index (χ4v) is 21.0. The van der Waals surface area contributed by atoms with Crippen molar-refractivity contribution >= 4 is 108 Å². The highest BCUT2D eigenvalue weighted by Gasteiger charge is 2.49. The van der Waals surface area contributed by atoms with Crippen molar-refractivity contribution in [2.24, 2.45) is 0 Å². The SMILES string of the molecule is C=CC(=O)N1CC2C(=O)Nc3c(c4cc(F)c(-c5c(N)cccc5F)c(F)c4n(-c4c(C)ccnc4C(C)C)c3=O)N2CC1C.C=CC(=O)N1CC2CN(C)c3c(c4cc(F)c(-c5c(N)cccc5F)c(F)c4n(-c4c(C)ccnc4C(C)C)c3=O)N2CC1C.C=CC(=O)N1CC2CN(CCCN(C)C)c3c(c4cc(F)c(-c5c(N)cccc5F)c(F)c4n(-c4c(C)ccnc4C(C)C)c3=O)N2CC1C. The lowest BCUT2D eigenvalue weighted by atomic mass is 9.94. The Morgan fingerprint density at radius 1 is 0.436 bits per heavy atom. The zero-order chi connectivity index (χ0) is 101. The number of piperazine rings is 3. The second-order valence-electron chi connectivity index (χ2n) is 37.9. The van der Waals surface area contributed by atoms with Crippen LogP contribution in [0.3, 0.4) is 0 Å². The second-order valence-corrected chi connectivity index (χ2v) is 37.9. The number of rotatable bonds is 16. The summed E-state index contributed by atoms with van der Waals surface area (Å²) >= 11 is 0. The number of anilines is 9.